The summed E-state index contributed by atoms with van der Waals surface area (Å²) < 4.78 is 31.3. The molecule has 2 atom stereocenters. The average Bonchev–Trinajstić information content (AvgIpc) is 3.43. The van der Waals surface area contributed by atoms with E-state index in [4.69, 9.17) is 4.98 Å². The topological polar surface area (TPSA) is 126 Å². The lowest BCUT2D eigenvalue weighted by Crippen LogP contribution is -2.38. The maximum absolute atomic E-state index is 14.0. The van der Waals surface area contributed by atoms with Crippen LogP contribution in [0.15, 0.2) is 30.7 Å². The number of carbonyl (C=O) groups excluding carboxylic acids is 2. The van der Waals surface area contributed by atoms with Gasteiger partial charge in [0.15, 0.2) is 5.65 Å². The maximum atomic E-state index is 14.0. The number of carbonyl (C=O) groups is 2. The van der Waals surface area contributed by atoms with Gasteiger partial charge in [0.25, 0.3) is 5.91 Å². The van der Waals surface area contributed by atoms with E-state index in [1.807, 2.05) is 19.9 Å². The molecule has 3 heterocycles. The number of hydrogen-bond donors (Lipinski definition) is 3. The Bertz CT molecular complexity index is 1400. The fourth-order valence-electron chi connectivity index (χ4n) is 5.70. The molecule has 0 spiro atoms. The minimum absolute atomic E-state index is 0.0169. The molecule has 0 aliphatic heterocycles. The number of hydrogen-bond acceptors (Lipinski definition) is 6. The summed E-state index contributed by atoms with van der Waals surface area (Å²) in [4.78, 5) is 30.8. The predicted molar refractivity (Wildman–Crippen MR) is 147 cm³/mol. The van der Waals surface area contributed by atoms with E-state index in [0.717, 1.165) is 18.4 Å². The number of imidazole rings is 1. The maximum Gasteiger partial charge on any atom is 0.270 e. The van der Waals surface area contributed by atoms with Crippen LogP contribution in [-0.4, -0.2) is 52.8 Å². The number of nitrogens with zero attached hydrogens (tertiary/aromatic N) is 5. The van der Waals surface area contributed by atoms with Crippen LogP contribution >= 0.6 is 0 Å². The Morgan fingerprint density at radius 3 is 2.41 bits per heavy atom. The van der Waals surface area contributed by atoms with Crippen molar-refractivity contribution in [2.45, 2.75) is 102 Å². The Kier molecular flexibility index (Phi) is 7.88. The largest absolute Gasteiger partial charge is 0.390 e. The molecule has 3 N–H and O–H groups in total. The molecule has 41 heavy (non-hydrogen) atoms. The van der Waals surface area contributed by atoms with Crippen LogP contribution in [0.2, 0.25) is 0 Å². The Balaban J connectivity index is 1.43. The fraction of sp³-hybridized carbons (Fsp3) is 0.621. The van der Waals surface area contributed by atoms with Gasteiger partial charge in [0, 0.05) is 25.1 Å². The number of fused-ring (bicyclic) bond motifs is 1. The van der Waals surface area contributed by atoms with Gasteiger partial charge in [-0.15, -0.1) is 0 Å². The molecule has 0 bridgehead atoms. The fourth-order valence-corrected chi connectivity index (χ4v) is 5.70. The van der Waals surface area contributed by atoms with E-state index in [1.54, 1.807) is 47.7 Å². The van der Waals surface area contributed by atoms with Gasteiger partial charge >= 0.3 is 0 Å². The molecule has 0 radical (unpaired) electrons. The Hall–Kier alpha value is -3.41. The molecule has 3 aromatic rings. The molecule has 2 aliphatic carbocycles. The van der Waals surface area contributed by atoms with Crippen LogP contribution in [0.3, 0.4) is 0 Å². The molecule has 0 unspecified atom stereocenters. The van der Waals surface area contributed by atoms with Gasteiger partial charge < -0.3 is 15.7 Å². The zero-order valence-corrected chi connectivity index (χ0v) is 24.0. The smallest absolute Gasteiger partial charge is 0.270 e. The van der Waals surface area contributed by atoms with Gasteiger partial charge in [0.05, 0.1) is 42.2 Å². The molecule has 10 nitrogen and oxygen atoms in total. The van der Waals surface area contributed by atoms with Gasteiger partial charge in [0.1, 0.15) is 5.69 Å². The molecule has 12 heteroatoms. The first-order valence-electron chi connectivity index (χ1n) is 14.4. The molecule has 2 saturated carbocycles. The highest BCUT2D eigenvalue weighted by Crippen LogP contribution is 2.43. The quantitative estimate of drug-likeness (QED) is 0.328. The van der Waals surface area contributed by atoms with Crippen LogP contribution in [0, 0.1) is 11.8 Å². The molecular weight excluding hydrogens is 532 g/mol. The second kappa shape index (κ2) is 11.1. The van der Waals surface area contributed by atoms with Crippen molar-refractivity contribution in [3.8, 4) is 0 Å². The predicted octanol–water partition coefficient (Wildman–Crippen LogP) is 4.53. The molecule has 0 saturated heterocycles. The molecule has 5 rings (SSSR count). The van der Waals surface area contributed by atoms with E-state index >= 15 is 0 Å². The van der Waals surface area contributed by atoms with Gasteiger partial charge in [-0.05, 0) is 82.9 Å². The molecule has 3 aromatic heterocycles. The molecule has 2 amide bonds. The van der Waals surface area contributed by atoms with E-state index in [2.05, 4.69) is 20.8 Å². The first kappa shape index (κ1) is 29.1. The third-order valence-corrected chi connectivity index (χ3v) is 7.95. The molecular formula is C29H39F2N7O3. The Morgan fingerprint density at radius 2 is 1.78 bits per heavy atom. The zero-order chi connectivity index (χ0) is 29.5. The lowest BCUT2D eigenvalue weighted by Gasteiger charge is -2.33. The Morgan fingerprint density at radius 1 is 1.10 bits per heavy atom. The van der Waals surface area contributed by atoms with Crippen LogP contribution < -0.4 is 10.6 Å². The van der Waals surface area contributed by atoms with Crippen molar-refractivity contribution in [2.75, 3.05) is 0 Å². The summed E-state index contributed by atoms with van der Waals surface area (Å²) in [6.07, 6.45) is 6.97. The van der Waals surface area contributed by atoms with Crippen molar-refractivity contribution < 1.29 is 23.5 Å². The van der Waals surface area contributed by atoms with Crippen LogP contribution in [0.25, 0.3) is 5.65 Å². The van der Waals surface area contributed by atoms with Crippen molar-refractivity contribution in [3.05, 3.63) is 47.7 Å². The van der Waals surface area contributed by atoms with Gasteiger partial charge in [-0.1, -0.05) is 0 Å². The van der Waals surface area contributed by atoms with Crippen LogP contribution in [0.4, 0.5) is 8.78 Å². The van der Waals surface area contributed by atoms with Gasteiger partial charge in [-0.25, -0.2) is 18.3 Å². The van der Waals surface area contributed by atoms with Gasteiger partial charge in [-0.3, -0.25) is 14.3 Å². The van der Waals surface area contributed by atoms with E-state index in [9.17, 15) is 23.5 Å². The highest BCUT2D eigenvalue weighted by molar-refractivity contribution is 5.92. The summed E-state index contributed by atoms with van der Waals surface area (Å²) in [6.45, 7) is 7.05. The Labute approximate surface area is 237 Å². The summed E-state index contributed by atoms with van der Waals surface area (Å²) in [6, 6.07) is 2.63. The van der Waals surface area contributed by atoms with Crippen LogP contribution in [0.5, 0.6) is 0 Å². The minimum Gasteiger partial charge on any atom is -0.390 e. The van der Waals surface area contributed by atoms with Gasteiger partial charge in [0.2, 0.25) is 11.8 Å². The first-order valence-corrected chi connectivity index (χ1v) is 14.4. The highest BCUT2D eigenvalue weighted by Gasteiger charge is 2.40. The molecule has 222 valence electrons. The first-order chi connectivity index (χ1) is 19.3. The normalized spacial score (nSPS) is 19.3. The summed E-state index contributed by atoms with van der Waals surface area (Å²) in [5, 5.41) is 25.0. The summed E-state index contributed by atoms with van der Waals surface area (Å²) in [5.74, 6) is -3.23. The standard InChI is InChI=1S/C29H39F2N7O3/c1-17(2)38-22(9-12-32-38)27(40)36-26(19-7-10-29(30,31)11-8-19)21-16-37-23(34-21)13-20(15-33-37)25(18-5-6-18)35-24(39)14-28(3,4)41/h9,12-13,15-19,25-26,41H,5-8,10-11,14H2,1-4H3,(H,35,39)(H,36,40)/t25-,26-/m0/s1. The van der Waals surface area contributed by atoms with E-state index in [-0.39, 0.29) is 67.8 Å². The number of halogens is 2. The van der Waals surface area contributed by atoms with Crippen LogP contribution in [0.1, 0.15) is 113 Å². The number of alkyl halides is 2. The lowest BCUT2D eigenvalue weighted by atomic mass is 9.81. The van der Waals surface area contributed by atoms with Crippen LogP contribution in [-0.2, 0) is 4.79 Å². The van der Waals surface area contributed by atoms with E-state index < -0.39 is 17.6 Å². The highest BCUT2D eigenvalue weighted by atomic mass is 19.3. The minimum atomic E-state index is -2.70. The third kappa shape index (κ3) is 6.91. The third-order valence-electron chi connectivity index (χ3n) is 7.95. The van der Waals surface area contributed by atoms with Crippen molar-refractivity contribution in [2.24, 2.45) is 11.8 Å². The van der Waals surface area contributed by atoms with E-state index in [1.165, 1.54) is 0 Å². The summed E-state index contributed by atoms with van der Waals surface area (Å²) >= 11 is 0. The molecule has 0 aromatic carbocycles. The SMILES string of the molecule is CC(C)n1nccc1C(=O)N[C@H](c1cn2ncc([C@@H](NC(=O)CC(C)(C)O)C3CC3)cc2n1)C1CCC(F)(F)CC1. The second-order valence-electron chi connectivity index (χ2n) is 12.5. The number of aromatic nitrogens is 5. The van der Waals surface area contributed by atoms with Gasteiger partial charge in [-0.2, -0.15) is 10.2 Å². The zero-order valence-electron chi connectivity index (χ0n) is 24.0. The average molecular weight is 572 g/mol. The van der Waals surface area contributed by atoms with Crippen molar-refractivity contribution >= 4 is 17.5 Å². The summed E-state index contributed by atoms with van der Waals surface area (Å²) in [7, 11) is 0. The number of aliphatic hydroxyl groups is 1. The molecule has 2 aliphatic rings. The molecule has 2 fully saturated rings. The monoisotopic (exact) mass is 571 g/mol. The second-order valence-corrected chi connectivity index (χ2v) is 12.5. The number of amides is 2. The van der Waals surface area contributed by atoms with Crippen molar-refractivity contribution in [1.82, 2.24) is 35.0 Å². The van der Waals surface area contributed by atoms with Crippen molar-refractivity contribution in [3.63, 3.8) is 0 Å². The van der Waals surface area contributed by atoms with E-state index in [0.29, 0.717) is 17.0 Å². The summed E-state index contributed by atoms with van der Waals surface area (Å²) in [5.41, 5.74) is 1.16. The number of nitrogens with one attached hydrogen (secondary N) is 2. The lowest BCUT2D eigenvalue weighted by molar-refractivity contribution is -0.125. The van der Waals surface area contributed by atoms with Crippen molar-refractivity contribution in [1.29, 1.82) is 0 Å². The number of rotatable bonds is 10.